The molecule has 0 spiro atoms. The molecule has 1 saturated carbocycles. The highest BCUT2D eigenvalue weighted by atomic mass is 16.4. The molecule has 1 heterocycles. The maximum Gasteiger partial charge on any atom is 0.198 e. The van der Waals surface area contributed by atoms with Crippen LogP contribution in [0.5, 0.6) is 0 Å². The van der Waals surface area contributed by atoms with Gasteiger partial charge in [-0.05, 0) is 25.0 Å². The van der Waals surface area contributed by atoms with Crippen LogP contribution in [-0.4, -0.2) is 4.98 Å². The Kier molecular flexibility index (Phi) is 1.66. The van der Waals surface area contributed by atoms with E-state index in [2.05, 4.69) is 11.1 Å². The molecule has 0 unspecified atom stereocenters. The van der Waals surface area contributed by atoms with Gasteiger partial charge in [-0.1, -0.05) is 18.2 Å². The Hall–Kier alpha value is -1.57. The SMILES string of the molecule is [c]1cccc(-c2cnc(C3CC3)o2)c1. The first-order chi connectivity index (χ1) is 6.93. The van der Waals surface area contributed by atoms with E-state index in [1.807, 2.05) is 24.3 Å². The van der Waals surface area contributed by atoms with E-state index in [1.54, 1.807) is 6.20 Å². The van der Waals surface area contributed by atoms with Crippen molar-refractivity contribution < 1.29 is 4.42 Å². The standard InChI is InChI=1S/C12H10NO/c1-2-4-9(5-3-1)11-8-13-12(14-11)10-6-7-10/h1-2,4-5,8,10H,6-7H2. The second-order valence-electron chi connectivity index (χ2n) is 3.63. The molecule has 2 heteroatoms. The van der Waals surface area contributed by atoms with Gasteiger partial charge in [-0.25, -0.2) is 4.98 Å². The fourth-order valence-corrected chi connectivity index (χ4v) is 1.49. The fraction of sp³-hybridized carbons (Fsp3) is 0.250. The van der Waals surface area contributed by atoms with Gasteiger partial charge in [0.2, 0.25) is 0 Å². The number of hydrogen-bond acceptors (Lipinski definition) is 2. The Morgan fingerprint density at radius 2 is 2.36 bits per heavy atom. The largest absolute Gasteiger partial charge is 0.440 e. The molecule has 1 aromatic heterocycles. The summed E-state index contributed by atoms with van der Waals surface area (Å²) in [5.74, 6) is 2.32. The van der Waals surface area contributed by atoms with Gasteiger partial charge >= 0.3 is 0 Å². The van der Waals surface area contributed by atoms with Crippen LogP contribution in [0.15, 0.2) is 34.9 Å². The third kappa shape index (κ3) is 1.33. The van der Waals surface area contributed by atoms with Crippen molar-refractivity contribution in [2.45, 2.75) is 18.8 Å². The van der Waals surface area contributed by atoms with Crippen molar-refractivity contribution in [1.82, 2.24) is 4.98 Å². The summed E-state index contributed by atoms with van der Waals surface area (Å²) < 4.78 is 5.66. The number of nitrogens with zero attached hydrogens (tertiary/aromatic N) is 1. The molecular formula is C12H10NO. The lowest BCUT2D eigenvalue weighted by molar-refractivity contribution is 0.509. The molecule has 3 rings (SSSR count). The maximum absolute atomic E-state index is 5.66. The van der Waals surface area contributed by atoms with Crippen LogP contribution in [0.25, 0.3) is 11.3 Å². The molecule has 0 N–H and O–H groups in total. The highest BCUT2D eigenvalue weighted by Crippen LogP contribution is 2.40. The first-order valence-corrected chi connectivity index (χ1v) is 4.86. The van der Waals surface area contributed by atoms with Gasteiger partial charge < -0.3 is 4.42 Å². The summed E-state index contributed by atoms with van der Waals surface area (Å²) in [6.07, 6.45) is 4.25. The van der Waals surface area contributed by atoms with Gasteiger partial charge in [0, 0.05) is 11.5 Å². The zero-order valence-electron chi connectivity index (χ0n) is 7.73. The van der Waals surface area contributed by atoms with Crippen LogP contribution >= 0.6 is 0 Å². The second-order valence-corrected chi connectivity index (χ2v) is 3.63. The van der Waals surface area contributed by atoms with Crippen LogP contribution in [0.1, 0.15) is 24.7 Å². The van der Waals surface area contributed by atoms with Crippen molar-refractivity contribution in [3.63, 3.8) is 0 Å². The molecule has 0 aliphatic heterocycles. The number of rotatable bonds is 2. The molecule has 69 valence electrons. The van der Waals surface area contributed by atoms with Crippen molar-refractivity contribution in [3.05, 3.63) is 42.4 Å². The lowest BCUT2D eigenvalue weighted by atomic mass is 10.2. The predicted octanol–water partition coefficient (Wildman–Crippen LogP) is 3.02. The normalized spacial score (nSPS) is 15.7. The van der Waals surface area contributed by atoms with Crippen molar-refractivity contribution in [2.24, 2.45) is 0 Å². The predicted molar refractivity (Wildman–Crippen MR) is 52.8 cm³/mol. The van der Waals surface area contributed by atoms with E-state index < -0.39 is 0 Å². The van der Waals surface area contributed by atoms with Gasteiger partial charge in [-0.2, -0.15) is 0 Å². The molecule has 14 heavy (non-hydrogen) atoms. The lowest BCUT2D eigenvalue weighted by Crippen LogP contribution is -1.74. The lowest BCUT2D eigenvalue weighted by Gasteiger charge is -1.93. The molecule has 1 fully saturated rings. The third-order valence-electron chi connectivity index (χ3n) is 2.44. The zero-order valence-corrected chi connectivity index (χ0v) is 7.73. The molecule has 1 aromatic carbocycles. The van der Waals surface area contributed by atoms with Gasteiger partial charge in [0.05, 0.1) is 6.20 Å². The van der Waals surface area contributed by atoms with E-state index in [1.165, 1.54) is 12.8 Å². The van der Waals surface area contributed by atoms with Gasteiger partial charge in [-0.3, -0.25) is 0 Å². The molecule has 1 aliphatic rings. The van der Waals surface area contributed by atoms with E-state index in [0.717, 1.165) is 17.2 Å². The average Bonchev–Trinajstić information content (AvgIpc) is 2.98. The third-order valence-corrected chi connectivity index (χ3v) is 2.44. The Bertz CT molecular complexity index is 429. The van der Waals surface area contributed by atoms with Crippen molar-refractivity contribution in [1.29, 1.82) is 0 Å². The number of aromatic nitrogens is 1. The topological polar surface area (TPSA) is 26.0 Å². The molecule has 0 bridgehead atoms. The minimum absolute atomic E-state index is 0.580. The van der Waals surface area contributed by atoms with Crippen LogP contribution in [-0.2, 0) is 0 Å². The second kappa shape index (κ2) is 2.98. The van der Waals surface area contributed by atoms with E-state index in [-0.39, 0.29) is 0 Å². The first-order valence-electron chi connectivity index (χ1n) is 4.86. The highest BCUT2D eigenvalue weighted by Gasteiger charge is 2.28. The number of oxazole rings is 1. The first kappa shape index (κ1) is 7.80. The summed E-state index contributed by atoms with van der Waals surface area (Å²) in [7, 11) is 0. The Morgan fingerprint density at radius 3 is 3.07 bits per heavy atom. The molecule has 1 radical (unpaired) electrons. The minimum atomic E-state index is 0.580. The molecule has 1 aliphatic carbocycles. The molecular weight excluding hydrogens is 174 g/mol. The van der Waals surface area contributed by atoms with E-state index in [9.17, 15) is 0 Å². The Labute approximate surface area is 82.6 Å². The summed E-state index contributed by atoms with van der Waals surface area (Å²) in [4.78, 5) is 4.27. The quantitative estimate of drug-likeness (QED) is 0.717. The van der Waals surface area contributed by atoms with Crippen LogP contribution in [0, 0.1) is 6.07 Å². The highest BCUT2D eigenvalue weighted by molar-refractivity contribution is 5.55. The number of hydrogen-bond donors (Lipinski definition) is 0. The van der Waals surface area contributed by atoms with Crippen LogP contribution in [0.2, 0.25) is 0 Å². The number of benzene rings is 1. The zero-order chi connectivity index (χ0) is 9.38. The molecule has 2 nitrogen and oxygen atoms in total. The van der Waals surface area contributed by atoms with Crippen LogP contribution in [0.4, 0.5) is 0 Å². The minimum Gasteiger partial charge on any atom is -0.440 e. The van der Waals surface area contributed by atoms with Gasteiger partial charge in [0.25, 0.3) is 0 Å². The van der Waals surface area contributed by atoms with Crippen molar-refractivity contribution in [2.75, 3.05) is 0 Å². The fourth-order valence-electron chi connectivity index (χ4n) is 1.49. The maximum atomic E-state index is 5.66. The Balaban J connectivity index is 1.96. The van der Waals surface area contributed by atoms with Crippen LogP contribution in [0.3, 0.4) is 0 Å². The average molecular weight is 184 g/mol. The summed E-state index contributed by atoms with van der Waals surface area (Å²) in [6, 6.07) is 10.8. The molecule has 2 aromatic rings. The molecule has 0 saturated heterocycles. The smallest absolute Gasteiger partial charge is 0.198 e. The van der Waals surface area contributed by atoms with Crippen molar-refractivity contribution in [3.8, 4) is 11.3 Å². The van der Waals surface area contributed by atoms with E-state index in [0.29, 0.717) is 5.92 Å². The van der Waals surface area contributed by atoms with Crippen molar-refractivity contribution >= 4 is 0 Å². The van der Waals surface area contributed by atoms with Gasteiger partial charge in [-0.15, -0.1) is 0 Å². The summed E-state index contributed by atoms with van der Waals surface area (Å²) in [5.41, 5.74) is 1.05. The van der Waals surface area contributed by atoms with Gasteiger partial charge in [0.1, 0.15) is 0 Å². The summed E-state index contributed by atoms with van der Waals surface area (Å²) in [5, 5.41) is 0. The molecule has 0 atom stereocenters. The molecule has 0 amide bonds. The Morgan fingerprint density at radius 1 is 1.43 bits per heavy atom. The summed E-state index contributed by atoms with van der Waals surface area (Å²) >= 11 is 0. The van der Waals surface area contributed by atoms with Gasteiger partial charge in [0.15, 0.2) is 11.7 Å². The van der Waals surface area contributed by atoms with E-state index in [4.69, 9.17) is 4.42 Å². The summed E-state index contributed by atoms with van der Waals surface area (Å²) in [6.45, 7) is 0. The van der Waals surface area contributed by atoms with E-state index >= 15 is 0 Å². The van der Waals surface area contributed by atoms with Crippen LogP contribution < -0.4 is 0 Å². The monoisotopic (exact) mass is 184 g/mol.